The van der Waals surface area contributed by atoms with Gasteiger partial charge in [-0.25, -0.2) is 4.39 Å². The van der Waals surface area contributed by atoms with Crippen LogP contribution in [0.1, 0.15) is 31.4 Å². The third-order valence-corrected chi connectivity index (χ3v) is 4.24. The molecule has 0 radical (unpaired) electrons. The highest BCUT2D eigenvalue weighted by Crippen LogP contribution is 2.33. The van der Waals surface area contributed by atoms with E-state index in [0.29, 0.717) is 0 Å². The third kappa shape index (κ3) is 2.12. The Balaban J connectivity index is 1.82. The molecule has 2 aliphatic heterocycles. The monoisotopic (exact) mass is 275 g/mol. The van der Waals surface area contributed by atoms with E-state index in [9.17, 15) is 9.18 Å². The van der Waals surface area contributed by atoms with E-state index in [0.717, 1.165) is 31.5 Å². The molecule has 2 heterocycles. The molecule has 2 aliphatic rings. The number of nitrogens with zero attached hydrogens (tertiary/aromatic N) is 2. The molecule has 0 bridgehead atoms. The minimum atomic E-state index is -0.590. The Bertz CT molecular complexity index is 552. The first-order valence-electron chi connectivity index (χ1n) is 6.97. The summed E-state index contributed by atoms with van der Waals surface area (Å²) in [7, 11) is 0. The van der Waals surface area contributed by atoms with Crippen LogP contribution in [0.3, 0.4) is 0 Å². The van der Waals surface area contributed by atoms with Crippen LogP contribution in [0, 0.1) is 5.82 Å². The van der Waals surface area contributed by atoms with Gasteiger partial charge in [0.15, 0.2) is 0 Å². The predicted octanol–water partition coefficient (Wildman–Crippen LogP) is 1.88. The minimum Gasteiger partial charge on any atom is -0.317 e. The van der Waals surface area contributed by atoms with Crippen LogP contribution in [-0.4, -0.2) is 35.8 Å². The van der Waals surface area contributed by atoms with Gasteiger partial charge in [0.1, 0.15) is 11.4 Å². The standard InChI is InChI=1S/C15H18FN3O/c1-11(12-3-2-4-13(16)9-12)19-10-18-15(14(19)20)5-7-17-8-6-15/h2-4,9-11,17H,5-8H2,1H3/t11-/m0/s1. The Morgan fingerprint density at radius 1 is 1.40 bits per heavy atom. The first kappa shape index (κ1) is 13.2. The van der Waals surface area contributed by atoms with Gasteiger partial charge in [-0.2, -0.15) is 0 Å². The summed E-state index contributed by atoms with van der Waals surface area (Å²) in [5, 5.41) is 3.25. The van der Waals surface area contributed by atoms with Crippen molar-refractivity contribution in [3.63, 3.8) is 0 Å². The number of carbonyl (C=O) groups is 1. The quantitative estimate of drug-likeness (QED) is 0.895. The number of hydrogen-bond acceptors (Lipinski definition) is 3. The number of hydrogen-bond donors (Lipinski definition) is 1. The molecule has 1 spiro atoms. The zero-order valence-corrected chi connectivity index (χ0v) is 11.5. The van der Waals surface area contributed by atoms with Crippen LogP contribution < -0.4 is 5.32 Å². The summed E-state index contributed by atoms with van der Waals surface area (Å²) in [5.41, 5.74) is 0.197. The number of rotatable bonds is 2. The van der Waals surface area contributed by atoms with Crippen molar-refractivity contribution >= 4 is 12.2 Å². The van der Waals surface area contributed by atoms with Crippen molar-refractivity contribution in [2.24, 2.45) is 4.99 Å². The van der Waals surface area contributed by atoms with E-state index in [-0.39, 0.29) is 17.8 Å². The lowest BCUT2D eigenvalue weighted by molar-refractivity contribution is -0.133. The molecule has 1 N–H and O–H groups in total. The molecular formula is C15H18FN3O. The van der Waals surface area contributed by atoms with Crippen LogP contribution >= 0.6 is 0 Å². The highest BCUT2D eigenvalue weighted by Gasteiger charge is 2.46. The zero-order valence-electron chi connectivity index (χ0n) is 11.5. The van der Waals surface area contributed by atoms with Gasteiger partial charge < -0.3 is 5.32 Å². The van der Waals surface area contributed by atoms with Gasteiger partial charge in [0.05, 0.1) is 12.4 Å². The average Bonchev–Trinajstić information content (AvgIpc) is 2.76. The van der Waals surface area contributed by atoms with Gasteiger partial charge in [-0.1, -0.05) is 12.1 Å². The van der Waals surface area contributed by atoms with E-state index in [1.165, 1.54) is 12.1 Å². The minimum absolute atomic E-state index is 0.0377. The molecule has 5 heteroatoms. The van der Waals surface area contributed by atoms with Gasteiger partial charge >= 0.3 is 0 Å². The summed E-state index contributed by atoms with van der Waals surface area (Å²) in [6, 6.07) is 6.18. The van der Waals surface area contributed by atoms with E-state index < -0.39 is 5.54 Å². The molecule has 1 fully saturated rings. The molecule has 1 aromatic rings. The van der Waals surface area contributed by atoms with Crippen molar-refractivity contribution in [3.05, 3.63) is 35.6 Å². The molecule has 0 saturated carbocycles. The first-order valence-corrected chi connectivity index (χ1v) is 6.97. The lowest BCUT2D eigenvalue weighted by Crippen LogP contribution is -2.48. The molecule has 3 rings (SSSR count). The van der Waals surface area contributed by atoms with Crippen molar-refractivity contribution in [1.82, 2.24) is 10.2 Å². The fourth-order valence-electron chi connectivity index (χ4n) is 2.91. The molecule has 0 unspecified atom stereocenters. The number of piperidine rings is 1. The molecule has 1 aromatic carbocycles. The summed E-state index contributed by atoms with van der Waals surface area (Å²) in [6.45, 7) is 3.52. The number of aliphatic imine (C=N–C) groups is 1. The first-order chi connectivity index (χ1) is 9.62. The van der Waals surface area contributed by atoms with E-state index >= 15 is 0 Å². The number of nitrogens with one attached hydrogen (secondary N) is 1. The van der Waals surface area contributed by atoms with Crippen LogP contribution in [0.15, 0.2) is 29.3 Å². The smallest absolute Gasteiger partial charge is 0.256 e. The third-order valence-electron chi connectivity index (χ3n) is 4.24. The lowest BCUT2D eigenvalue weighted by Gasteiger charge is -2.32. The topological polar surface area (TPSA) is 44.7 Å². The Kier molecular flexibility index (Phi) is 3.30. The van der Waals surface area contributed by atoms with Gasteiger partial charge in [0, 0.05) is 0 Å². The normalized spacial score (nSPS) is 22.5. The summed E-state index contributed by atoms with van der Waals surface area (Å²) >= 11 is 0. The van der Waals surface area contributed by atoms with Gasteiger partial charge in [-0.15, -0.1) is 0 Å². The van der Waals surface area contributed by atoms with Crippen molar-refractivity contribution in [2.75, 3.05) is 13.1 Å². The van der Waals surface area contributed by atoms with Gasteiger partial charge in [-0.05, 0) is 50.6 Å². The molecule has 20 heavy (non-hydrogen) atoms. The fraction of sp³-hybridized carbons (Fsp3) is 0.467. The van der Waals surface area contributed by atoms with Crippen LogP contribution in [0.5, 0.6) is 0 Å². The van der Waals surface area contributed by atoms with Crippen LogP contribution in [0.2, 0.25) is 0 Å². The number of carbonyl (C=O) groups excluding carboxylic acids is 1. The van der Waals surface area contributed by atoms with E-state index in [1.54, 1.807) is 17.3 Å². The van der Waals surface area contributed by atoms with E-state index in [4.69, 9.17) is 0 Å². The van der Waals surface area contributed by atoms with Gasteiger partial charge in [0.25, 0.3) is 5.91 Å². The second kappa shape index (κ2) is 4.98. The maximum atomic E-state index is 13.3. The molecule has 0 aliphatic carbocycles. The summed E-state index contributed by atoms with van der Waals surface area (Å²) in [5.74, 6) is -0.245. The Morgan fingerprint density at radius 2 is 2.15 bits per heavy atom. The summed E-state index contributed by atoms with van der Waals surface area (Å²) in [4.78, 5) is 18.8. The maximum absolute atomic E-state index is 13.3. The van der Waals surface area contributed by atoms with Gasteiger partial charge in [-0.3, -0.25) is 14.7 Å². The molecule has 1 atom stereocenters. The number of halogens is 1. The molecule has 0 aromatic heterocycles. The average molecular weight is 275 g/mol. The molecular weight excluding hydrogens is 257 g/mol. The second-order valence-electron chi connectivity index (χ2n) is 5.47. The van der Waals surface area contributed by atoms with Gasteiger partial charge in [0.2, 0.25) is 0 Å². The lowest BCUT2D eigenvalue weighted by atomic mass is 9.88. The van der Waals surface area contributed by atoms with Crippen molar-refractivity contribution in [3.8, 4) is 0 Å². The summed E-state index contributed by atoms with van der Waals surface area (Å²) < 4.78 is 13.3. The largest absolute Gasteiger partial charge is 0.317 e. The van der Waals surface area contributed by atoms with Crippen LogP contribution in [0.25, 0.3) is 0 Å². The zero-order chi connectivity index (χ0) is 14.2. The van der Waals surface area contributed by atoms with Crippen LogP contribution in [0.4, 0.5) is 4.39 Å². The number of benzene rings is 1. The van der Waals surface area contributed by atoms with Crippen molar-refractivity contribution in [1.29, 1.82) is 0 Å². The van der Waals surface area contributed by atoms with Crippen molar-refractivity contribution in [2.45, 2.75) is 31.3 Å². The van der Waals surface area contributed by atoms with E-state index in [2.05, 4.69) is 10.3 Å². The van der Waals surface area contributed by atoms with Crippen LogP contribution in [-0.2, 0) is 4.79 Å². The predicted molar refractivity (Wildman–Crippen MR) is 75.0 cm³/mol. The molecule has 1 amide bonds. The second-order valence-corrected chi connectivity index (χ2v) is 5.47. The Morgan fingerprint density at radius 3 is 2.85 bits per heavy atom. The molecule has 106 valence electrons. The highest BCUT2D eigenvalue weighted by molar-refractivity contribution is 6.00. The highest BCUT2D eigenvalue weighted by atomic mass is 19.1. The molecule has 1 saturated heterocycles. The van der Waals surface area contributed by atoms with E-state index in [1.807, 2.05) is 13.0 Å². The number of amides is 1. The Hall–Kier alpha value is -1.75. The fourth-order valence-corrected chi connectivity index (χ4v) is 2.91. The maximum Gasteiger partial charge on any atom is 0.256 e. The molecule has 4 nitrogen and oxygen atoms in total. The van der Waals surface area contributed by atoms with Crippen molar-refractivity contribution < 1.29 is 9.18 Å². The Labute approximate surface area is 117 Å². The summed E-state index contributed by atoms with van der Waals surface area (Å²) in [6.07, 6.45) is 3.09. The SMILES string of the molecule is C[C@@H](c1cccc(F)c1)N1C=NC2(CCNCC2)C1=O.